The van der Waals surface area contributed by atoms with E-state index in [0.717, 1.165) is 11.1 Å². The van der Waals surface area contributed by atoms with Crippen molar-refractivity contribution in [2.75, 3.05) is 18.5 Å². The molecule has 1 aliphatic rings. The monoisotopic (exact) mass is 554 g/mol. The highest BCUT2D eigenvalue weighted by molar-refractivity contribution is 5.98. The Balaban J connectivity index is 1.60. The minimum atomic E-state index is -0.781. The fraction of sp³-hybridized carbons (Fsp3) is 0.214. The van der Waals surface area contributed by atoms with Gasteiger partial charge in [-0.15, -0.1) is 16.2 Å². The third-order valence-corrected chi connectivity index (χ3v) is 6.11. The van der Waals surface area contributed by atoms with Gasteiger partial charge in [-0.3, -0.25) is 15.2 Å². The first-order valence-electron chi connectivity index (χ1n) is 12.6. The number of aromatic amines is 1. The number of aromatic nitrogens is 5. The summed E-state index contributed by atoms with van der Waals surface area (Å²) in [6.45, 7) is 2.32. The highest BCUT2D eigenvalue weighted by Crippen LogP contribution is 2.32. The van der Waals surface area contributed by atoms with Crippen molar-refractivity contribution in [3.63, 3.8) is 0 Å². The van der Waals surface area contributed by atoms with Crippen molar-refractivity contribution in [1.82, 2.24) is 24.7 Å². The normalized spacial score (nSPS) is 15.1. The van der Waals surface area contributed by atoms with Crippen LogP contribution in [0.15, 0.2) is 59.7 Å². The number of benzene rings is 2. The Morgan fingerprint density at radius 1 is 1.29 bits per heavy atom. The van der Waals surface area contributed by atoms with Gasteiger partial charge < -0.3 is 25.3 Å². The van der Waals surface area contributed by atoms with E-state index in [-0.39, 0.29) is 35.0 Å². The molecular weight excluding hydrogens is 528 g/mol. The molecule has 0 radical (unpaired) electrons. The molecule has 1 saturated heterocycles. The lowest BCUT2D eigenvalue weighted by atomic mass is 10.0. The first-order valence-corrected chi connectivity index (χ1v) is 12.6. The van der Waals surface area contributed by atoms with E-state index in [9.17, 15) is 9.59 Å². The van der Waals surface area contributed by atoms with E-state index in [1.54, 1.807) is 36.4 Å². The molecule has 1 aliphatic heterocycles. The number of nitrogens with two attached hydrogens (primary N) is 1. The van der Waals surface area contributed by atoms with Crippen LogP contribution in [0.4, 0.5) is 5.69 Å². The minimum absolute atomic E-state index is 0.0873. The number of rotatable bonds is 9. The summed E-state index contributed by atoms with van der Waals surface area (Å²) in [5.41, 5.74) is 7.00. The number of terminal acetylenes is 1. The summed E-state index contributed by atoms with van der Waals surface area (Å²) in [7, 11) is 0. The predicted octanol–water partition coefficient (Wildman–Crippen LogP) is 1.91. The minimum Gasteiger partial charge on any atom is -0.488 e. The molecule has 0 amide bonds. The van der Waals surface area contributed by atoms with Gasteiger partial charge in [0.15, 0.2) is 5.82 Å². The molecule has 4 aromatic rings. The fourth-order valence-electron chi connectivity index (χ4n) is 4.30. The Morgan fingerprint density at radius 2 is 2.10 bits per heavy atom. The van der Waals surface area contributed by atoms with Crippen LogP contribution in [0.5, 0.6) is 11.5 Å². The lowest BCUT2D eigenvalue weighted by Gasteiger charge is -2.21. The van der Waals surface area contributed by atoms with E-state index in [1.165, 1.54) is 25.4 Å². The van der Waals surface area contributed by atoms with E-state index in [2.05, 4.69) is 31.3 Å². The van der Waals surface area contributed by atoms with Gasteiger partial charge in [0, 0.05) is 43.1 Å². The SMILES string of the molecule is C#Cc1cc(O[C@H]2CCOC2)cc(C(Nc2ccc(C(=N)N)c(OC(C)=O)c2)c2nn(-c3ncccn3)c(=O)[nH]2)c1. The Morgan fingerprint density at radius 3 is 2.78 bits per heavy atom. The Labute approximate surface area is 234 Å². The number of ether oxygens (including phenoxy) is 3. The van der Waals surface area contributed by atoms with Crippen LogP contribution in [-0.2, 0) is 9.53 Å². The molecule has 41 heavy (non-hydrogen) atoms. The molecule has 2 aromatic heterocycles. The third-order valence-electron chi connectivity index (χ3n) is 6.11. The summed E-state index contributed by atoms with van der Waals surface area (Å²) in [6, 6.07) is 10.9. The quantitative estimate of drug-likeness (QED) is 0.0784. The van der Waals surface area contributed by atoms with E-state index < -0.39 is 17.7 Å². The van der Waals surface area contributed by atoms with E-state index in [0.29, 0.717) is 35.8 Å². The van der Waals surface area contributed by atoms with Gasteiger partial charge in [0.25, 0.3) is 5.95 Å². The molecule has 1 unspecified atom stereocenters. The molecular formula is C28H26N8O5. The smallest absolute Gasteiger partial charge is 0.350 e. The maximum Gasteiger partial charge on any atom is 0.350 e. The largest absolute Gasteiger partial charge is 0.488 e. The number of hydrogen-bond acceptors (Lipinski definition) is 10. The van der Waals surface area contributed by atoms with Gasteiger partial charge in [-0.1, -0.05) is 5.92 Å². The molecule has 0 bridgehead atoms. The summed E-state index contributed by atoms with van der Waals surface area (Å²) >= 11 is 0. The summed E-state index contributed by atoms with van der Waals surface area (Å²) in [5.74, 6) is 2.72. The number of hydrogen-bond donors (Lipinski definition) is 4. The van der Waals surface area contributed by atoms with Crippen molar-refractivity contribution >= 4 is 17.5 Å². The zero-order valence-electron chi connectivity index (χ0n) is 22.0. The topological polar surface area (TPSA) is 183 Å². The van der Waals surface area contributed by atoms with Crippen LogP contribution in [0.2, 0.25) is 0 Å². The van der Waals surface area contributed by atoms with Crippen LogP contribution in [0.3, 0.4) is 0 Å². The van der Waals surface area contributed by atoms with E-state index >= 15 is 0 Å². The van der Waals surface area contributed by atoms with Crippen molar-refractivity contribution in [2.45, 2.75) is 25.5 Å². The van der Waals surface area contributed by atoms with Crippen LogP contribution in [0.1, 0.15) is 41.9 Å². The number of nitrogen functional groups attached to an aromatic ring is 1. The van der Waals surface area contributed by atoms with Crippen molar-refractivity contribution < 1.29 is 19.0 Å². The number of esters is 1. The molecule has 2 atom stereocenters. The van der Waals surface area contributed by atoms with Crippen LogP contribution in [0.25, 0.3) is 5.95 Å². The van der Waals surface area contributed by atoms with Gasteiger partial charge in [-0.05, 0) is 42.0 Å². The molecule has 5 N–H and O–H groups in total. The second kappa shape index (κ2) is 11.7. The third kappa shape index (κ3) is 6.23. The first-order chi connectivity index (χ1) is 19.8. The highest BCUT2D eigenvalue weighted by atomic mass is 16.5. The molecule has 13 heteroatoms. The number of nitrogens with one attached hydrogen (secondary N) is 3. The van der Waals surface area contributed by atoms with Gasteiger partial charge >= 0.3 is 11.7 Å². The summed E-state index contributed by atoms with van der Waals surface area (Å²) < 4.78 is 17.9. The lowest BCUT2D eigenvalue weighted by Crippen LogP contribution is -2.18. The molecule has 5 rings (SSSR count). The highest BCUT2D eigenvalue weighted by Gasteiger charge is 2.24. The fourth-order valence-corrected chi connectivity index (χ4v) is 4.30. The van der Waals surface area contributed by atoms with Crippen LogP contribution < -0.4 is 26.2 Å². The second-order valence-electron chi connectivity index (χ2n) is 9.11. The standard InChI is InChI=1S/C28H26N8O5/c1-3-17-11-18(13-21(12-17)41-20-7-10-39-15-20)24(26-34-28(38)36(35-26)27-31-8-4-9-32-27)33-19-5-6-22(25(29)30)23(14-19)40-16(2)37/h1,4-6,8-9,11-14,20,24,33H,7,10,15H2,2H3,(H3,29,30)(H,34,35,38)/t20-,24?/m0/s1. The van der Waals surface area contributed by atoms with Crippen molar-refractivity contribution in [3.05, 3.63) is 87.9 Å². The Kier molecular flexibility index (Phi) is 7.75. The summed E-state index contributed by atoms with van der Waals surface area (Å²) in [6.07, 6.45) is 9.40. The molecule has 2 aromatic carbocycles. The maximum atomic E-state index is 12.9. The molecule has 13 nitrogen and oxygen atoms in total. The molecule has 3 heterocycles. The van der Waals surface area contributed by atoms with Crippen LogP contribution >= 0.6 is 0 Å². The van der Waals surface area contributed by atoms with E-state index in [1.807, 2.05) is 0 Å². The molecule has 0 spiro atoms. The second-order valence-corrected chi connectivity index (χ2v) is 9.11. The number of carbonyl (C=O) groups is 1. The summed E-state index contributed by atoms with van der Waals surface area (Å²) in [4.78, 5) is 35.6. The number of H-pyrrole nitrogens is 1. The molecule has 1 fully saturated rings. The van der Waals surface area contributed by atoms with E-state index in [4.69, 9.17) is 31.8 Å². The summed E-state index contributed by atoms with van der Waals surface area (Å²) in [5, 5.41) is 15.6. The molecule has 0 aliphatic carbocycles. The molecule has 208 valence electrons. The van der Waals surface area contributed by atoms with Crippen molar-refractivity contribution in [1.29, 1.82) is 5.41 Å². The predicted molar refractivity (Wildman–Crippen MR) is 148 cm³/mol. The number of amidine groups is 1. The maximum absolute atomic E-state index is 12.9. The van der Waals surface area contributed by atoms with Gasteiger partial charge in [0.05, 0.1) is 18.8 Å². The van der Waals surface area contributed by atoms with Gasteiger partial charge in [0.2, 0.25) is 0 Å². The molecule has 0 saturated carbocycles. The van der Waals surface area contributed by atoms with Gasteiger partial charge in [-0.25, -0.2) is 14.8 Å². The number of anilines is 1. The van der Waals surface area contributed by atoms with Crippen LogP contribution in [-0.4, -0.2) is 55.9 Å². The first kappa shape index (κ1) is 27.1. The number of carbonyl (C=O) groups excluding carboxylic acids is 1. The van der Waals surface area contributed by atoms with Gasteiger partial charge in [-0.2, -0.15) is 0 Å². The van der Waals surface area contributed by atoms with Crippen molar-refractivity contribution in [3.8, 4) is 29.8 Å². The average molecular weight is 555 g/mol. The van der Waals surface area contributed by atoms with Crippen molar-refractivity contribution in [2.24, 2.45) is 5.73 Å². The van der Waals surface area contributed by atoms with Crippen LogP contribution in [0, 0.1) is 17.8 Å². The Hall–Kier alpha value is -5.48. The average Bonchev–Trinajstić information content (AvgIpc) is 3.61. The zero-order valence-corrected chi connectivity index (χ0v) is 22.0. The van der Waals surface area contributed by atoms with Gasteiger partial charge in [0.1, 0.15) is 29.5 Å². The lowest BCUT2D eigenvalue weighted by molar-refractivity contribution is -0.131. The Bertz CT molecular complexity index is 1690. The number of nitrogens with zero attached hydrogens (tertiary/aromatic N) is 4. The zero-order chi connectivity index (χ0) is 28.9.